The maximum absolute atomic E-state index is 12.1. The molecule has 0 radical (unpaired) electrons. The van der Waals surface area contributed by atoms with Gasteiger partial charge >= 0.3 is 6.03 Å². The zero-order valence-electron chi connectivity index (χ0n) is 12.1. The van der Waals surface area contributed by atoms with Crippen molar-refractivity contribution in [3.05, 3.63) is 0 Å². The molecule has 0 atom stereocenters. The summed E-state index contributed by atoms with van der Waals surface area (Å²) in [7, 11) is 0. The Morgan fingerprint density at radius 3 is 1.83 bits per heavy atom. The zero-order chi connectivity index (χ0) is 13.9. The van der Waals surface area contributed by atoms with Crippen LogP contribution in [-0.2, 0) is 4.79 Å². The monoisotopic (exact) mass is 255 g/mol. The topological polar surface area (TPSA) is 52.7 Å². The number of carbonyl (C=O) groups excluding carboxylic acids is 2. The fourth-order valence-electron chi connectivity index (χ4n) is 1.93. The van der Waals surface area contributed by atoms with Gasteiger partial charge in [0.05, 0.1) is 0 Å². The van der Waals surface area contributed by atoms with Crippen LogP contribution >= 0.6 is 0 Å². The summed E-state index contributed by atoms with van der Waals surface area (Å²) >= 11 is 0. The molecule has 0 bridgehead atoms. The van der Waals surface area contributed by atoms with Crippen molar-refractivity contribution in [2.24, 2.45) is 5.41 Å². The van der Waals surface area contributed by atoms with Crippen LogP contribution in [0.1, 0.15) is 34.6 Å². The fraction of sp³-hybridized carbons (Fsp3) is 0.846. The zero-order valence-corrected chi connectivity index (χ0v) is 12.1. The molecule has 0 spiro atoms. The van der Waals surface area contributed by atoms with Crippen LogP contribution in [0.5, 0.6) is 0 Å². The van der Waals surface area contributed by atoms with Crippen molar-refractivity contribution >= 4 is 11.9 Å². The highest BCUT2D eigenvalue weighted by atomic mass is 16.2. The van der Waals surface area contributed by atoms with Gasteiger partial charge in [-0.25, -0.2) is 4.79 Å². The number of nitrogens with zero attached hydrogens (tertiary/aromatic N) is 2. The van der Waals surface area contributed by atoms with Crippen LogP contribution in [0.25, 0.3) is 0 Å². The Morgan fingerprint density at radius 1 is 1.00 bits per heavy atom. The van der Waals surface area contributed by atoms with Crippen molar-refractivity contribution in [2.45, 2.75) is 40.7 Å². The van der Waals surface area contributed by atoms with E-state index in [9.17, 15) is 9.59 Å². The van der Waals surface area contributed by atoms with E-state index in [1.165, 1.54) is 0 Å². The van der Waals surface area contributed by atoms with Gasteiger partial charge < -0.3 is 15.1 Å². The van der Waals surface area contributed by atoms with E-state index in [4.69, 9.17) is 0 Å². The first-order valence-electron chi connectivity index (χ1n) is 6.56. The quantitative estimate of drug-likeness (QED) is 0.767. The number of hydrogen-bond donors (Lipinski definition) is 1. The minimum Gasteiger partial charge on any atom is -0.339 e. The SMILES string of the molecule is CC(C)NC(=O)N1CCN(C(=O)C(C)(C)C)CC1. The lowest BCUT2D eigenvalue weighted by Crippen LogP contribution is -2.55. The van der Waals surface area contributed by atoms with Crippen LogP contribution in [0.2, 0.25) is 0 Å². The Kier molecular flexibility index (Phi) is 4.59. The summed E-state index contributed by atoms with van der Waals surface area (Å²) in [5.74, 6) is 0.159. The van der Waals surface area contributed by atoms with Crippen molar-refractivity contribution in [3.63, 3.8) is 0 Å². The van der Waals surface area contributed by atoms with Crippen molar-refractivity contribution in [3.8, 4) is 0 Å². The molecule has 5 nitrogen and oxygen atoms in total. The third-order valence-electron chi connectivity index (χ3n) is 2.91. The highest BCUT2D eigenvalue weighted by Crippen LogP contribution is 2.18. The Hall–Kier alpha value is -1.26. The molecule has 18 heavy (non-hydrogen) atoms. The van der Waals surface area contributed by atoms with Crippen LogP contribution in [0.4, 0.5) is 4.79 Å². The smallest absolute Gasteiger partial charge is 0.317 e. The summed E-state index contributed by atoms with van der Waals surface area (Å²) in [6, 6.07) is 0.111. The second-order valence-corrected chi connectivity index (χ2v) is 6.13. The van der Waals surface area contributed by atoms with Crippen LogP contribution in [0.3, 0.4) is 0 Å². The lowest BCUT2D eigenvalue weighted by atomic mass is 9.94. The van der Waals surface area contributed by atoms with Gasteiger partial charge in [-0.3, -0.25) is 4.79 Å². The number of carbonyl (C=O) groups is 2. The first kappa shape index (κ1) is 14.8. The van der Waals surface area contributed by atoms with Gasteiger partial charge in [0.1, 0.15) is 0 Å². The fourth-order valence-corrected chi connectivity index (χ4v) is 1.93. The van der Waals surface area contributed by atoms with Gasteiger partial charge in [0.2, 0.25) is 5.91 Å². The first-order chi connectivity index (χ1) is 8.21. The lowest BCUT2D eigenvalue weighted by molar-refractivity contribution is -0.140. The second-order valence-electron chi connectivity index (χ2n) is 6.13. The second kappa shape index (κ2) is 5.59. The van der Waals surface area contributed by atoms with Crippen molar-refractivity contribution in [1.82, 2.24) is 15.1 Å². The summed E-state index contributed by atoms with van der Waals surface area (Å²) < 4.78 is 0. The van der Waals surface area contributed by atoms with Crippen molar-refractivity contribution in [1.29, 1.82) is 0 Å². The molecule has 1 rings (SSSR count). The summed E-state index contributed by atoms with van der Waals surface area (Å²) in [6.07, 6.45) is 0. The average Bonchev–Trinajstić information content (AvgIpc) is 2.26. The lowest BCUT2D eigenvalue weighted by Gasteiger charge is -2.37. The van der Waals surface area contributed by atoms with E-state index < -0.39 is 0 Å². The largest absolute Gasteiger partial charge is 0.339 e. The molecular formula is C13H25N3O2. The van der Waals surface area contributed by atoms with E-state index in [1.54, 1.807) is 4.90 Å². The molecule has 0 aromatic rings. The molecule has 1 N–H and O–H groups in total. The number of hydrogen-bond acceptors (Lipinski definition) is 2. The molecule has 1 heterocycles. The summed E-state index contributed by atoms with van der Waals surface area (Å²) in [4.78, 5) is 27.5. The van der Waals surface area contributed by atoms with Gasteiger partial charge in [-0.05, 0) is 13.8 Å². The molecule has 1 aliphatic rings. The number of amides is 3. The molecule has 104 valence electrons. The summed E-state index contributed by atoms with van der Waals surface area (Å²) in [5.41, 5.74) is -0.345. The van der Waals surface area contributed by atoms with Crippen LogP contribution in [0, 0.1) is 5.41 Å². The van der Waals surface area contributed by atoms with Crippen LogP contribution in [0.15, 0.2) is 0 Å². The third-order valence-corrected chi connectivity index (χ3v) is 2.91. The minimum absolute atomic E-state index is 0.0344. The molecule has 0 aliphatic carbocycles. The molecule has 1 saturated heterocycles. The van der Waals surface area contributed by atoms with E-state index in [2.05, 4.69) is 5.32 Å². The molecule has 0 aromatic heterocycles. The van der Waals surface area contributed by atoms with Crippen LogP contribution in [-0.4, -0.2) is 54.0 Å². The number of rotatable bonds is 1. The molecule has 3 amide bonds. The van der Waals surface area contributed by atoms with Gasteiger partial charge in [0, 0.05) is 37.6 Å². The van der Waals surface area contributed by atoms with Crippen molar-refractivity contribution < 1.29 is 9.59 Å². The van der Waals surface area contributed by atoms with Crippen molar-refractivity contribution in [2.75, 3.05) is 26.2 Å². The van der Waals surface area contributed by atoms with Crippen LogP contribution < -0.4 is 5.32 Å². The Labute approximate surface area is 110 Å². The molecular weight excluding hydrogens is 230 g/mol. The molecule has 1 fully saturated rings. The van der Waals surface area contributed by atoms with Gasteiger partial charge in [-0.1, -0.05) is 20.8 Å². The molecule has 5 heteroatoms. The molecule has 1 aliphatic heterocycles. The Morgan fingerprint density at radius 2 is 1.44 bits per heavy atom. The highest BCUT2D eigenvalue weighted by Gasteiger charge is 2.30. The molecule has 0 unspecified atom stereocenters. The van der Waals surface area contributed by atoms with Gasteiger partial charge in [0.25, 0.3) is 0 Å². The van der Waals surface area contributed by atoms with E-state index in [1.807, 2.05) is 39.5 Å². The first-order valence-corrected chi connectivity index (χ1v) is 6.56. The van der Waals surface area contributed by atoms with E-state index in [0.29, 0.717) is 26.2 Å². The maximum atomic E-state index is 12.1. The van der Waals surface area contributed by atoms with E-state index >= 15 is 0 Å². The van der Waals surface area contributed by atoms with Gasteiger partial charge in [-0.2, -0.15) is 0 Å². The van der Waals surface area contributed by atoms with Gasteiger partial charge in [0.15, 0.2) is 0 Å². The van der Waals surface area contributed by atoms with E-state index in [-0.39, 0.29) is 23.4 Å². The molecule has 0 aromatic carbocycles. The standard InChI is InChI=1S/C13H25N3O2/c1-10(2)14-12(18)16-8-6-15(7-9-16)11(17)13(3,4)5/h10H,6-9H2,1-5H3,(H,14,18). The maximum Gasteiger partial charge on any atom is 0.317 e. The number of piperazine rings is 1. The Bertz CT molecular complexity index is 313. The highest BCUT2D eigenvalue weighted by molar-refractivity contribution is 5.82. The minimum atomic E-state index is -0.345. The van der Waals surface area contributed by atoms with E-state index in [0.717, 1.165) is 0 Å². The predicted molar refractivity (Wildman–Crippen MR) is 71.3 cm³/mol. The van der Waals surface area contributed by atoms with Gasteiger partial charge in [-0.15, -0.1) is 0 Å². The predicted octanol–water partition coefficient (Wildman–Crippen LogP) is 1.29. The summed E-state index contributed by atoms with van der Waals surface area (Å²) in [5, 5.41) is 2.87. The normalized spacial score (nSPS) is 17.0. The number of urea groups is 1. The summed E-state index contributed by atoms with van der Waals surface area (Å²) in [6.45, 7) is 12.1. The third kappa shape index (κ3) is 3.89. The number of nitrogens with one attached hydrogen (secondary N) is 1. The Balaban J connectivity index is 2.46. The molecule has 0 saturated carbocycles. The average molecular weight is 255 g/mol.